The van der Waals surface area contributed by atoms with Crippen LogP contribution in [0.3, 0.4) is 0 Å². The number of rotatable bonds is 5. The molecule has 6 heteroatoms. The molecule has 5 nitrogen and oxygen atoms in total. The minimum Gasteiger partial charge on any atom is -0.369 e. The highest BCUT2D eigenvalue weighted by Crippen LogP contribution is 2.22. The number of anilines is 1. The zero-order chi connectivity index (χ0) is 21.8. The number of benzene rings is 2. The largest absolute Gasteiger partial charge is 0.369 e. The van der Waals surface area contributed by atoms with E-state index in [-0.39, 0.29) is 17.8 Å². The highest BCUT2D eigenvalue weighted by atomic mass is 19.1. The van der Waals surface area contributed by atoms with Crippen molar-refractivity contribution in [2.45, 2.75) is 25.4 Å². The first-order valence-electron chi connectivity index (χ1n) is 11.3. The molecule has 1 atom stereocenters. The van der Waals surface area contributed by atoms with Crippen LogP contribution in [0.1, 0.15) is 28.8 Å². The van der Waals surface area contributed by atoms with Gasteiger partial charge in [-0.25, -0.2) is 4.39 Å². The van der Waals surface area contributed by atoms with Crippen LogP contribution in [0.2, 0.25) is 0 Å². The number of hydrogen-bond donors (Lipinski definition) is 0. The van der Waals surface area contributed by atoms with Crippen LogP contribution in [0.15, 0.2) is 48.5 Å². The van der Waals surface area contributed by atoms with Crippen LogP contribution in [0.25, 0.3) is 0 Å². The molecule has 1 amide bonds. The first kappa shape index (κ1) is 21.8. The van der Waals surface area contributed by atoms with Gasteiger partial charge in [0.05, 0.1) is 0 Å². The lowest BCUT2D eigenvalue weighted by atomic mass is 10.0. The van der Waals surface area contributed by atoms with Crippen molar-refractivity contribution in [1.29, 1.82) is 0 Å². The quantitative estimate of drug-likeness (QED) is 0.737. The summed E-state index contributed by atoms with van der Waals surface area (Å²) in [4.78, 5) is 22.0. The summed E-state index contributed by atoms with van der Waals surface area (Å²) in [6.07, 6.45) is 1.99. The normalized spacial score (nSPS) is 20.6. The molecule has 2 aliphatic rings. The van der Waals surface area contributed by atoms with E-state index in [4.69, 9.17) is 0 Å². The predicted molar refractivity (Wildman–Crippen MR) is 123 cm³/mol. The lowest BCUT2D eigenvalue weighted by Gasteiger charge is -2.38. The number of amides is 1. The van der Waals surface area contributed by atoms with Crippen molar-refractivity contribution >= 4 is 11.6 Å². The van der Waals surface area contributed by atoms with Crippen LogP contribution in [0.5, 0.6) is 0 Å². The summed E-state index contributed by atoms with van der Waals surface area (Å²) in [5.74, 6) is -0.0998. The Bertz CT molecular complexity index is 879. The first-order valence-corrected chi connectivity index (χ1v) is 11.3. The summed E-state index contributed by atoms with van der Waals surface area (Å²) in [6, 6.07) is 15.1. The second kappa shape index (κ2) is 9.79. The Hall–Kier alpha value is -2.44. The second-order valence-corrected chi connectivity index (χ2v) is 8.88. The summed E-state index contributed by atoms with van der Waals surface area (Å²) in [7, 11) is 4.05. The van der Waals surface area contributed by atoms with Gasteiger partial charge in [0.15, 0.2) is 0 Å². The standard InChI is InChI=1S/C25H33FN4O/c1-27-14-16-30(17-15-27)22-11-9-20(10-12-22)25(31)28(2)23-7-5-13-29(19-23)18-21-6-3-4-8-24(21)26/h3-4,6,8-12,23H,5,7,13-19H2,1-2H3. The molecule has 0 aliphatic carbocycles. The number of halogens is 1. The predicted octanol–water partition coefficient (Wildman–Crippen LogP) is 3.31. The van der Waals surface area contributed by atoms with Crippen molar-refractivity contribution in [1.82, 2.24) is 14.7 Å². The molecular formula is C25H33FN4O. The maximum absolute atomic E-state index is 14.0. The highest BCUT2D eigenvalue weighted by Gasteiger charge is 2.27. The van der Waals surface area contributed by atoms with Crippen LogP contribution in [-0.4, -0.2) is 80.0 Å². The average Bonchev–Trinajstić information content (AvgIpc) is 2.80. The van der Waals surface area contributed by atoms with E-state index in [1.165, 1.54) is 11.8 Å². The van der Waals surface area contributed by atoms with Gasteiger partial charge in [-0.3, -0.25) is 9.69 Å². The third-order valence-corrected chi connectivity index (χ3v) is 6.68. The Balaban J connectivity index is 1.36. The van der Waals surface area contributed by atoms with Crippen molar-refractivity contribution in [3.8, 4) is 0 Å². The Morgan fingerprint density at radius 2 is 1.74 bits per heavy atom. The molecule has 0 bridgehead atoms. The Morgan fingerprint density at radius 1 is 1.03 bits per heavy atom. The molecule has 0 saturated carbocycles. The number of piperidine rings is 1. The van der Waals surface area contributed by atoms with Gasteiger partial charge in [0.2, 0.25) is 0 Å². The maximum atomic E-state index is 14.0. The number of hydrogen-bond acceptors (Lipinski definition) is 4. The fourth-order valence-electron chi connectivity index (χ4n) is 4.61. The molecule has 31 heavy (non-hydrogen) atoms. The summed E-state index contributed by atoms with van der Waals surface area (Å²) in [5, 5.41) is 0. The van der Waals surface area contributed by atoms with E-state index in [9.17, 15) is 9.18 Å². The Labute approximate surface area is 185 Å². The lowest BCUT2D eigenvalue weighted by Crippen LogP contribution is -2.48. The summed E-state index contributed by atoms with van der Waals surface area (Å²) >= 11 is 0. The van der Waals surface area contributed by atoms with Gasteiger partial charge in [-0.05, 0) is 56.8 Å². The Morgan fingerprint density at radius 3 is 2.45 bits per heavy atom. The fraction of sp³-hybridized carbons (Fsp3) is 0.480. The molecular weight excluding hydrogens is 391 g/mol. The van der Waals surface area contributed by atoms with E-state index in [2.05, 4.69) is 33.9 Å². The summed E-state index contributed by atoms with van der Waals surface area (Å²) < 4.78 is 14.0. The molecule has 166 valence electrons. The van der Waals surface area contributed by atoms with Gasteiger partial charge >= 0.3 is 0 Å². The molecule has 2 fully saturated rings. The molecule has 0 aromatic heterocycles. The molecule has 0 N–H and O–H groups in total. The molecule has 2 aromatic carbocycles. The van der Waals surface area contributed by atoms with Crippen LogP contribution in [-0.2, 0) is 6.54 Å². The molecule has 1 unspecified atom stereocenters. The molecule has 2 aliphatic heterocycles. The molecule has 2 heterocycles. The third kappa shape index (κ3) is 5.25. The van der Waals surface area contributed by atoms with E-state index >= 15 is 0 Å². The van der Waals surface area contributed by atoms with Crippen molar-refractivity contribution in [3.63, 3.8) is 0 Å². The van der Waals surface area contributed by atoms with E-state index in [1.807, 2.05) is 36.2 Å². The van der Waals surface area contributed by atoms with E-state index < -0.39 is 0 Å². The van der Waals surface area contributed by atoms with Crippen LogP contribution < -0.4 is 4.90 Å². The number of likely N-dealkylation sites (tertiary alicyclic amines) is 1. The minimum absolute atomic E-state index is 0.0580. The zero-order valence-corrected chi connectivity index (χ0v) is 18.6. The van der Waals surface area contributed by atoms with Gasteiger partial charge in [-0.2, -0.15) is 0 Å². The number of piperazine rings is 1. The summed E-state index contributed by atoms with van der Waals surface area (Å²) in [5.41, 5.74) is 2.63. The number of carbonyl (C=O) groups excluding carboxylic acids is 1. The molecule has 2 aromatic rings. The number of nitrogens with zero attached hydrogens (tertiary/aromatic N) is 4. The van der Waals surface area contributed by atoms with Gasteiger partial charge in [0, 0.05) is 69.2 Å². The molecule has 2 saturated heterocycles. The Kier molecular flexibility index (Phi) is 6.88. The monoisotopic (exact) mass is 424 g/mol. The lowest BCUT2D eigenvalue weighted by molar-refractivity contribution is 0.0608. The first-order chi connectivity index (χ1) is 15.0. The fourth-order valence-corrected chi connectivity index (χ4v) is 4.61. The average molecular weight is 425 g/mol. The third-order valence-electron chi connectivity index (χ3n) is 6.68. The number of carbonyl (C=O) groups is 1. The topological polar surface area (TPSA) is 30.0 Å². The van der Waals surface area contributed by atoms with Gasteiger partial charge in [0.1, 0.15) is 5.82 Å². The van der Waals surface area contributed by atoms with Crippen LogP contribution in [0, 0.1) is 5.82 Å². The zero-order valence-electron chi connectivity index (χ0n) is 18.6. The van der Waals surface area contributed by atoms with Gasteiger partial charge in [0.25, 0.3) is 5.91 Å². The van der Waals surface area contributed by atoms with Crippen LogP contribution >= 0.6 is 0 Å². The molecule has 0 radical (unpaired) electrons. The second-order valence-electron chi connectivity index (χ2n) is 8.88. The van der Waals surface area contributed by atoms with Crippen molar-refractivity contribution in [3.05, 3.63) is 65.5 Å². The maximum Gasteiger partial charge on any atom is 0.253 e. The van der Waals surface area contributed by atoms with Gasteiger partial charge in [-0.15, -0.1) is 0 Å². The SMILES string of the molecule is CN1CCN(c2ccc(C(=O)N(C)C3CCCN(Cc4ccccc4F)C3)cc2)CC1. The highest BCUT2D eigenvalue weighted by molar-refractivity contribution is 5.94. The van der Waals surface area contributed by atoms with Gasteiger partial charge < -0.3 is 14.7 Å². The van der Waals surface area contributed by atoms with E-state index in [0.29, 0.717) is 6.54 Å². The van der Waals surface area contributed by atoms with Gasteiger partial charge in [-0.1, -0.05) is 18.2 Å². The molecule has 0 spiro atoms. The van der Waals surface area contributed by atoms with E-state index in [0.717, 1.165) is 63.2 Å². The smallest absolute Gasteiger partial charge is 0.253 e. The van der Waals surface area contributed by atoms with Crippen molar-refractivity contribution in [2.24, 2.45) is 0 Å². The van der Waals surface area contributed by atoms with Crippen molar-refractivity contribution < 1.29 is 9.18 Å². The van der Waals surface area contributed by atoms with Crippen molar-refractivity contribution in [2.75, 3.05) is 58.3 Å². The van der Waals surface area contributed by atoms with Crippen LogP contribution in [0.4, 0.5) is 10.1 Å². The summed E-state index contributed by atoms with van der Waals surface area (Å²) in [6.45, 7) is 6.46. The minimum atomic E-state index is -0.158. The van der Waals surface area contributed by atoms with E-state index in [1.54, 1.807) is 6.07 Å². The molecule has 4 rings (SSSR count). The number of likely N-dealkylation sites (N-methyl/N-ethyl adjacent to an activating group) is 2.